The lowest BCUT2D eigenvalue weighted by molar-refractivity contribution is 0.0979. The van der Waals surface area contributed by atoms with Gasteiger partial charge in [-0.3, -0.25) is 19.1 Å². The molecule has 4 aromatic heterocycles. The van der Waals surface area contributed by atoms with Crippen molar-refractivity contribution in [2.45, 2.75) is 20.4 Å². The highest BCUT2D eigenvalue weighted by Gasteiger charge is 2.26. The number of anilines is 1. The van der Waals surface area contributed by atoms with Gasteiger partial charge in [0.15, 0.2) is 5.13 Å². The fourth-order valence-corrected chi connectivity index (χ4v) is 4.66. The van der Waals surface area contributed by atoms with E-state index in [2.05, 4.69) is 9.97 Å². The van der Waals surface area contributed by atoms with Crippen molar-refractivity contribution in [2.75, 3.05) is 11.5 Å². The fourth-order valence-electron chi connectivity index (χ4n) is 3.66. The van der Waals surface area contributed by atoms with E-state index in [0.717, 1.165) is 27.2 Å². The summed E-state index contributed by atoms with van der Waals surface area (Å²) in [6, 6.07) is 15.3. The number of imidazole rings is 1. The Hall–Kier alpha value is -3.78. The number of pyridine rings is 2. The largest absolute Gasteiger partial charge is 0.494 e. The zero-order valence-corrected chi connectivity index (χ0v) is 18.5. The number of ether oxygens (including phenoxy) is 1. The summed E-state index contributed by atoms with van der Waals surface area (Å²) in [6.07, 6.45) is 5.34. The summed E-state index contributed by atoms with van der Waals surface area (Å²) in [4.78, 5) is 29.1. The van der Waals surface area contributed by atoms with Crippen molar-refractivity contribution >= 4 is 38.2 Å². The molecule has 0 aliphatic heterocycles. The third kappa shape index (κ3) is 3.69. The van der Waals surface area contributed by atoms with Crippen molar-refractivity contribution in [3.05, 3.63) is 84.1 Å². The van der Waals surface area contributed by atoms with Gasteiger partial charge in [0.25, 0.3) is 5.91 Å². The Morgan fingerprint density at radius 3 is 2.88 bits per heavy atom. The molecule has 0 atom stereocenters. The summed E-state index contributed by atoms with van der Waals surface area (Å²) >= 11 is 1.47. The van der Waals surface area contributed by atoms with Crippen molar-refractivity contribution in [1.82, 2.24) is 19.4 Å². The molecule has 0 saturated carbocycles. The van der Waals surface area contributed by atoms with Gasteiger partial charge in [0.05, 0.1) is 29.1 Å². The van der Waals surface area contributed by atoms with E-state index >= 15 is 0 Å². The molecular formula is C24H21N5O2S. The molecule has 32 heavy (non-hydrogen) atoms. The van der Waals surface area contributed by atoms with Crippen molar-refractivity contribution in [3.8, 4) is 5.75 Å². The maximum Gasteiger partial charge on any atom is 0.279 e. The Labute approximate surface area is 189 Å². The number of thiazole rings is 1. The Bertz CT molecular complexity index is 1410. The monoisotopic (exact) mass is 443 g/mol. The molecule has 0 radical (unpaired) electrons. The highest BCUT2D eigenvalue weighted by molar-refractivity contribution is 7.22. The normalized spacial score (nSPS) is 11.2. The predicted octanol–water partition coefficient (Wildman–Crippen LogP) is 4.89. The van der Waals surface area contributed by atoms with Crippen molar-refractivity contribution in [3.63, 3.8) is 0 Å². The summed E-state index contributed by atoms with van der Waals surface area (Å²) in [6.45, 7) is 4.75. The van der Waals surface area contributed by atoms with Crippen LogP contribution in [0.5, 0.6) is 5.75 Å². The number of amides is 1. The average Bonchev–Trinajstić information content (AvgIpc) is 3.37. The number of rotatable bonds is 6. The molecule has 0 fully saturated rings. The van der Waals surface area contributed by atoms with Gasteiger partial charge in [-0.25, -0.2) is 9.97 Å². The number of carbonyl (C=O) groups excluding carboxylic acids is 1. The second kappa shape index (κ2) is 8.39. The summed E-state index contributed by atoms with van der Waals surface area (Å²) < 4.78 is 8.42. The first kappa shape index (κ1) is 20.1. The highest BCUT2D eigenvalue weighted by atomic mass is 32.1. The molecule has 0 N–H and O–H groups in total. The zero-order chi connectivity index (χ0) is 22.1. The minimum absolute atomic E-state index is 0.158. The molecule has 7 nitrogen and oxygen atoms in total. The molecular weight excluding hydrogens is 422 g/mol. The molecule has 0 saturated heterocycles. The highest BCUT2D eigenvalue weighted by Crippen LogP contribution is 2.33. The van der Waals surface area contributed by atoms with Crippen LogP contribution in [0, 0.1) is 6.92 Å². The quantitative estimate of drug-likeness (QED) is 0.373. The number of benzene rings is 1. The molecule has 8 heteroatoms. The van der Waals surface area contributed by atoms with E-state index in [4.69, 9.17) is 9.72 Å². The van der Waals surface area contributed by atoms with E-state index in [1.54, 1.807) is 17.3 Å². The van der Waals surface area contributed by atoms with E-state index in [1.165, 1.54) is 11.3 Å². The van der Waals surface area contributed by atoms with Gasteiger partial charge in [-0.15, -0.1) is 0 Å². The van der Waals surface area contributed by atoms with E-state index in [0.29, 0.717) is 29.7 Å². The van der Waals surface area contributed by atoms with Crippen LogP contribution in [0.3, 0.4) is 0 Å². The molecule has 1 amide bonds. The molecule has 4 heterocycles. The fraction of sp³-hybridized carbons (Fsp3) is 0.167. The Kier molecular flexibility index (Phi) is 5.28. The average molecular weight is 444 g/mol. The van der Waals surface area contributed by atoms with E-state index in [-0.39, 0.29) is 5.91 Å². The van der Waals surface area contributed by atoms with Crippen molar-refractivity contribution in [2.24, 2.45) is 0 Å². The van der Waals surface area contributed by atoms with Gasteiger partial charge < -0.3 is 4.74 Å². The zero-order valence-electron chi connectivity index (χ0n) is 17.7. The Balaban J connectivity index is 1.61. The summed E-state index contributed by atoms with van der Waals surface area (Å²) in [5.41, 5.74) is 3.69. The first-order valence-electron chi connectivity index (χ1n) is 10.3. The molecule has 5 aromatic rings. The third-order valence-corrected chi connectivity index (χ3v) is 6.15. The van der Waals surface area contributed by atoms with Crippen LogP contribution in [0.4, 0.5) is 5.13 Å². The predicted molar refractivity (Wildman–Crippen MR) is 125 cm³/mol. The van der Waals surface area contributed by atoms with Gasteiger partial charge in [0.1, 0.15) is 17.1 Å². The molecule has 5 rings (SSSR count). The molecule has 0 bridgehead atoms. The number of carbonyl (C=O) groups is 1. The standard InChI is InChI=1S/C24H21N5O2S/c1-3-31-18-9-10-19-20(13-18)32-24(27-19)29(15-17-7-6-11-25-14-17)23(30)22-16(2)26-21-8-4-5-12-28(21)22/h4-14H,3,15H2,1-2H3. The van der Waals surface area contributed by atoms with Crippen LogP contribution >= 0.6 is 11.3 Å². The first-order chi connectivity index (χ1) is 15.6. The topological polar surface area (TPSA) is 72.6 Å². The van der Waals surface area contributed by atoms with Gasteiger partial charge in [-0.05, 0) is 55.8 Å². The number of hydrogen-bond acceptors (Lipinski definition) is 6. The van der Waals surface area contributed by atoms with Crippen LogP contribution in [0.15, 0.2) is 67.1 Å². The summed E-state index contributed by atoms with van der Waals surface area (Å²) in [7, 11) is 0. The molecule has 0 unspecified atom stereocenters. The van der Waals surface area contributed by atoms with E-state index in [1.807, 2.05) is 73.0 Å². The van der Waals surface area contributed by atoms with Crippen LogP contribution in [0.25, 0.3) is 15.9 Å². The van der Waals surface area contributed by atoms with Gasteiger partial charge in [-0.1, -0.05) is 23.5 Å². The summed E-state index contributed by atoms with van der Waals surface area (Å²) in [5.74, 6) is 0.632. The maximum absolute atomic E-state index is 13.9. The Morgan fingerprint density at radius 2 is 2.06 bits per heavy atom. The number of aryl methyl sites for hydroxylation is 1. The SMILES string of the molecule is CCOc1ccc2nc(N(Cc3cccnc3)C(=O)c3c(C)nc4ccccn34)sc2c1. The van der Waals surface area contributed by atoms with Crippen molar-refractivity contribution in [1.29, 1.82) is 0 Å². The van der Waals surface area contributed by atoms with E-state index in [9.17, 15) is 4.79 Å². The first-order valence-corrected chi connectivity index (χ1v) is 11.1. The number of aromatic nitrogens is 4. The molecule has 0 aliphatic rings. The maximum atomic E-state index is 13.9. The molecule has 160 valence electrons. The lowest BCUT2D eigenvalue weighted by Gasteiger charge is -2.20. The minimum atomic E-state index is -0.158. The van der Waals surface area contributed by atoms with Gasteiger partial charge >= 0.3 is 0 Å². The number of fused-ring (bicyclic) bond motifs is 2. The number of nitrogens with zero attached hydrogens (tertiary/aromatic N) is 5. The Morgan fingerprint density at radius 1 is 1.16 bits per heavy atom. The molecule has 1 aromatic carbocycles. The minimum Gasteiger partial charge on any atom is -0.494 e. The van der Waals surface area contributed by atoms with Crippen LogP contribution in [0.2, 0.25) is 0 Å². The third-order valence-electron chi connectivity index (χ3n) is 5.11. The van der Waals surface area contributed by atoms with E-state index < -0.39 is 0 Å². The summed E-state index contributed by atoms with van der Waals surface area (Å²) in [5, 5.41) is 0.618. The van der Waals surface area contributed by atoms with Crippen LogP contribution in [0.1, 0.15) is 28.7 Å². The lowest BCUT2D eigenvalue weighted by atomic mass is 10.2. The van der Waals surface area contributed by atoms with Gasteiger partial charge in [-0.2, -0.15) is 0 Å². The second-order valence-electron chi connectivity index (χ2n) is 7.29. The van der Waals surface area contributed by atoms with Gasteiger partial charge in [0, 0.05) is 18.6 Å². The van der Waals surface area contributed by atoms with Crippen LogP contribution in [-0.4, -0.2) is 31.9 Å². The van der Waals surface area contributed by atoms with Crippen molar-refractivity contribution < 1.29 is 9.53 Å². The second-order valence-corrected chi connectivity index (χ2v) is 8.30. The van der Waals surface area contributed by atoms with Crippen LogP contribution < -0.4 is 9.64 Å². The molecule has 0 spiro atoms. The molecule has 0 aliphatic carbocycles. The van der Waals surface area contributed by atoms with Crippen LogP contribution in [-0.2, 0) is 6.54 Å². The smallest absolute Gasteiger partial charge is 0.279 e. The lowest BCUT2D eigenvalue weighted by Crippen LogP contribution is -2.31. The van der Waals surface area contributed by atoms with Gasteiger partial charge in [0.2, 0.25) is 0 Å². The number of hydrogen-bond donors (Lipinski definition) is 0.